The van der Waals surface area contributed by atoms with E-state index in [1.165, 1.54) is 0 Å². The Hall–Kier alpha value is -0.280. The number of nitrogens with one attached hydrogen (secondary N) is 2. The maximum Gasteiger partial charge on any atom is 0.178 e. The third kappa shape index (κ3) is 6.13. The molecule has 0 aromatic heterocycles. The van der Waals surface area contributed by atoms with E-state index in [0.717, 1.165) is 32.1 Å². The first-order chi connectivity index (χ1) is 5.35. The highest BCUT2D eigenvalue weighted by Gasteiger charge is 2.00. The van der Waals surface area contributed by atoms with Crippen molar-refractivity contribution in [1.82, 2.24) is 10.5 Å². The highest BCUT2D eigenvalue weighted by Crippen LogP contribution is 1.96. The lowest BCUT2D eigenvalue weighted by molar-refractivity contribution is -0.109. The molecule has 0 spiro atoms. The number of hydrogen-bond donors (Lipinski definition) is 2. The monoisotopic (exact) mass is 150 g/mol. The molecule has 0 heterocycles. The minimum atomic E-state index is -0.215. The Bertz CT molecular complexity index is 103. The zero-order valence-electron chi connectivity index (χ0n) is 6.55. The maximum absolute atomic E-state index is 10.2. The van der Waals surface area contributed by atoms with Crippen LogP contribution in [0.25, 0.3) is 0 Å². The Morgan fingerprint density at radius 2 is 2.09 bits per heavy atom. The van der Waals surface area contributed by atoms with Gasteiger partial charge in [0.05, 0.1) is 6.04 Å². The highest BCUT2D eigenvalue weighted by atomic mass is 16.1. The van der Waals surface area contributed by atoms with E-state index in [0.29, 0.717) is 0 Å². The Labute approximate surface area is 70.2 Å². The van der Waals surface area contributed by atoms with E-state index in [4.69, 9.17) is 16.0 Å². The van der Waals surface area contributed by atoms with Crippen LogP contribution in [0.15, 0.2) is 0 Å². The Morgan fingerprint density at radius 1 is 1.36 bits per heavy atom. The van der Waals surface area contributed by atoms with E-state index in [9.17, 15) is 4.79 Å². The molecule has 0 saturated heterocycles. The second-order valence-corrected chi connectivity index (χ2v) is 2.36. The SMILES string of the molecule is [B]NCCCCC(C=O)N[B]. The van der Waals surface area contributed by atoms with Crippen LogP contribution in [0.4, 0.5) is 0 Å². The number of carbonyl (C=O) groups is 1. The molecule has 0 saturated carbocycles. The lowest BCUT2D eigenvalue weighted by Gasteiger charge is -2.07. The smallest absolute Gasteiger partial charge is 0.178 e. The molecular formula is C6H12B2N2O. The molecule has 3 nitrogen and oxygen atoms in total. The van der Waals surface area contributed by atoms with Crippen molar-refractivity contribution in [1.29, 1.82) is 0 Å². The summed E-state index contributed by atoms with van der Waals surface area (Å²) in [6.07, 6.45) is 3.48. The van der Waals surface area contributed by atoms with Gasteiger partial charge in [0.15, 0.2) is 16.0 Å². The Balaban J connectivity index is 3.14. The maximum atomic E-state index is 10.2. The summed E-state index contributed by atoms with van der Waals surface area (Å²) >= 11 is 0. The topological polar surface area (TPSA) is 41.1 Å². The summed E-state index contributed by atoms with van der Waals surface area (Å²) in [5.74, 6) is 0. The molecule has 1 atom stereocenters. The van der Waals surface area contributed by atoms with Crippen molar-refractivity contribution < 1.29 is 4.79 Å². The lowest BCUT2D eigenvalue weighted by Crippen LogP contribution is -2.27. The average Bonchev–Trinajstić information content (AvgIpc) is 2.05. The van der Waals surface area contributed by atoms with Crippen molar-refractivity contribution in [3.05, 3.63) is 0 Å². The zero-order valence-corrected chi connectivity index (χ0v) is 6.55. The Morgan fingerprint density at radius 3 is 2.55 bits per heavy atom. The molecule has 0 bridgehead atoms. The molecule has 4 radical (unpaired) electrons. The quantitative estimate of drug-likeness (QED) is 0.279. The Kier molecular flexibility index (Phi) is 7.62. The van der Waals surface area contributed by atoms with E-state index >= 15 is 0 Å². The van der Waals surface area contributed by atoms with Crippen LogP contribution in [0, 0.1) is 0 Å². The van der Waals surface area contributed by atoms with Crippen LogP contribution in [0.5, 0.6) is 0 Å². The van der Waals surface area contributed by atoms with Crippen molar-refractivity contribution in [3.63, 3.8) is 0 Å². The summed E-state index contributed by atoms with van der Waals surface area (Å²) < 4.78 is 0. The van der Waals surface area contributed by atoms with Crippen molar-refractivity contribution in [3.8, 4) is 0 Å². The zero-order chi connectivity index (χ0) is 8.53. The number of aldehydes is 1. The van der Waals surface area contributed by atoms with Gasteiger partial charge >= 0.3 is 0 Å². The van der Waals surface area contributed by atoms with Crippen molar-refractivity contribution >= 4 is 22.2 Å². The van der Waals surface area contributed by atoms with Gasteiger partial charge in [-0.15, -0.1) is 0 Å². The molecule has 0 aliphatic carbocycles. The third-order valence-corrected chi connectivity index (χ3v) is 1.46. The predicted octanol–water partition coefficient (Wildman–Crippen LogP) is -0.930. The minimum absolute atomic E-state index is 0.215. The molecule has 0 amide bonds. The van der Waals surface area contributed by atoms with Gasteiger partial charge in [-0.1, -0.05) is 6.42 Å². The van der Waals surface area contributed by atoms with Gasteiger partial charge in [-0.3, -0.25) is 0 Å². The molecule has 2 N–H and O–H groups in total. The van der Waals surface area contributed by atoms with Crippen LogP contribution in [0.2, 0.25) is 0 Å². The predicted molar refractivity (Wildman–Crippen MR) is 46.3 cm³/mol. The van der Waals surface area contributed by atoms with Crippen molar-refractivity contribution in [2.45, 2.75) is 25.3 Å². The summed E-state index contributed by atoms with van der Waals surface area (Å²) in [4.78, 5) is 10.2. The van der Waals surface area contributed by atoms with Crippen LogP contribution < -0.4 is 10.5 Å². The minimum Gasteiger partial charge on any atom is -0.366 e. The molecule has 0 aliphatic rings. The summed E-state index contributed by atoms with van der Waals surface area (Å²) in [6.45, 7) is 0.774. The number of carbonyl (C=O) groups excluding carboxylic acids is 1. The van der Waals surface area contributed by atoms with Gasteiger partial charge in [0.2, 0.25) is 0 Å². The van der Waals surface area contributed by atoms with Crippen LogP contribution in [-0.2, 0) is 4.79 Å². The largest absolute Gasteiger partial charge is 0.366 e. The standard InChI is InChI=1S/C6H12B2N2O/c7-9-4-2-1-3-6(5-11)10-8/h5-6,9-10H,1-4H2. The van der Waals surface area contributed by atoms with Gasteiger partial charge in [0.25, 0.3) is 0 Å². The highest BCUT2D eigenvalue weighted by molar-refractivity contribution is 6.05. The summed E-state index contributed by atoms with van der Waals surface area (Å²) in [7, 11) is 10.1. The van der Waals surface area contributed by atoms with Gasteiger partial charge in [-0.05, 0) is 19.4 Å². The normalized spacial score (nSPS) is 12.7. The molecule has 0 rings (SSSR count). The second kappa shape index (κ2) is 7.82. The van der Waals surface area contributed by atoms with Crippen LogP contribution in [-0.4, -0.2) is 34.8 Å². The lowest BCUT2D eigenvalue weighted by atomic mass is 10.1. The van der Waals surface area contributed by atoms with Gasteiger partial charge < -0.3 is 15.3 Å². The second-order valence-electron chi connectivity index (χ2n) is 2.36. The van der Waals surface area contributed by atoms with Gasteiger partial charge in [0.1, 0.15) is 6.29 Å². The van der Waals surface area contributed by atoms with Gasteiger partial charge in [0, 0.05) is 0 Å². The van der Waals surface area contributed by atoms with E-state index in [1.807, 2.05) is 0 Å². The van der Waals surface area contributed by atoms with E-state index in [-0.39, 0.29) is 6.04 Å². The average molecular weight is 150 g/mol. The van der Waals surface area contributed by atoms with Crippen LogP contribution in [0.3, 0.4) is 0 Å². The molecule has 5 heteroatoms. The first-order valence-electron chi connectivity index (χ1n) is 3.70. The molecule has 0 fully saturated rings. The first kappa shape index (κ1) is 10.7. The molecule has 11 heavy (non-hydrogen) atoms. The summed E-state index contributed by atoms with van der Waals surface area (Å²) in [5.41, 5.74) is 0. The molecule has 0 aromatic carbocycles. The molecule has 1 unspecified atom stereocenters. The molecule has 0 aromatic rings. The number of rotatable bonds is 7. The van der Waals surface area contributed by atoms with Crippen LogP contribution >= 0.6 is 0 Å². The fourth-order valence-electron chi connectivity index (χ4n) is 0.782. The van der Waals surface area contributed by atoms with Crippen molar-refractivity contribution in [2.75, 3.05) is 6.54 Å². The van der Waals surface area contributed by atoms with Crippen molar-refractivity contribution in [2.24, 2.45) is 0 Å². The van der Waals surface area contributed by atoms with Gasteiger partial charge in [-0.2, -0.15) is 0 Å². The fraction of sp³-hybridized carbons (Fsp3) is 0.833. The van der Waals surface area contributed by atoms with E-state index in [2.05, 4.69) is 10.5 Å². The molecule has 58 valence electrons. The van der Waals surface area contributed by atoms with Gasteiger partial charge in [-0.25, -0.2) is 0 Å². The van der Waals surface area contributed by atoms with Crippen LogP contribution in [0.1, 0.15) is 19.3 Å². The molecule has 0 aliphatic heterocycles. The number of hydrogen-bond acceptors (Lipinski definition) is 3. The number of unbranched alkanes of at least 4 members (excludes halogenated alkanes) is 1. The van der Waals surface area contributed by atoms with E-state index in [1.54, 1.807) is 0 Å². The first-order valence-corrected chi connectivity index (χ1v) is 3.70. The molecular weight excluding hydrogens is 138 g/mol. The third-order valence-electron chi connectivity index (χ3n) is 1.46. The summed E-state index contributed by atoms with van der Waals surface area (Å²) in [6, 6.07) is -0.215. The van der Waals surface area contributed by atoms with E-state index < -0.39 is 0 Å². The fourth-order valence-corrected chi connectivity index (χ4v) is 0.782. The summed E-state index contributed by atoms with van der Waals surface area (Å²) in [5, 5.41) is 4.95.